The number of hydrogen-bond acceptors (Lipinski definition) is 2. The minimum absolute atomic E-state index is 0.270. The zero-order valence-electron chi connectivity index (χ0n) is 5.89. The number of piperidine rings is 1. The molecule has 2 N–H and O–H groups in total. The van der Waals surface area contributed by atoms with Crippen LogP contribution in [0.15, 0.2) is 0 Å². The number of carbonyl (C=O) groups is 1. The quantitative estimate of drug-likeness (QED) is 0.469. The molecule has 0 saturated carbocycles. The molecule has 0 radical (unpaired) electrons. The maximum absolute atomic E-state index is 11.1. The van der Waals surface area contributed by atoms with Gasteiger partial charge in [0.15, 0.2) is 0 Å². The topological polar surface area (TPSA) is 41.1 Å². The first-order chi connectivity index (χ1) is 4.88. The number of nitrogens with one attached hydrogen (secondary N) is 2. The maximum atomic E-state index is 11.1. The highest BCUT2D eigenvalue weighted by Crippen LogP contribution is 2.22. The molecule has 3 heteroatoms. The molecule has 10 heavy (non-hydrogen) atoms. The summed E-state index contributed by atoms with van der Waals surface area (Å²) in [6.07, 6.45) is 1.02. The molecule has 2 heterocycles. The minimum Gasteiger partial charge on any atom is -0.355 e. The fourth-order valence-corrected chi connectivity index (χ4v) is 1.85. The van der Waals surface area contributed by atoms with E-state index in [1.165, 1.54) is 0 Å². The van der Waals surface area contributed by atoms with Crippen LogP contribution in [0.5, 0.6) is 0 Å². The Morgan fingerprint density at radius 2 is 2.30 bits per heavy atom. The summed E-state index contributed by atoms with van der Waals surface area (Å²) >= 11 is 0. The smallest absolute Gasteiger partial charge is 0.223 e. The van der Waals surface area contributed by atoms with Gasteiger partial charge in [-0.05, 0) is 13.0 Å². The lowest BCUT2D eigenvalue weighted by Gasteiger charge is -2.22. The van der Waals surface area contributed by atoms with E-state index in [-0.39, 0.29) is 5.91 Å². The van der Waals surface area contributed by atoms with Gasteiger partial charge in [-0.3, -0.25) is 4.79 Å². The molecule has 0 bridgehead atoms. The summed E-state index contributed by atoms with van der Waals surface area (Å²) in [7, 11) is 0. The lowest BCUT2D eigenvalue weighted by atomic mass is 9.89. The monoisotopic (exact) mass is 140 g/mol. The third kappa shape index (κ3) is 0.814. The summed E-state index contributed by atoms with van der Waals surface area (Å²) in [5, 5.41) is 6.17. The Labute approximate surface area is 60.2 Å². The van der Waals surface area contributed by atoms with Crippen molar-refractivity contribution in [2.24, 2.45) is 11.8 Å². The van der Waals surface area contributed by atoms with Crippen LogP contribution in [0.4, 0.5) is 0 Å². The molecule has 2 fully saturated rings. The lowest BCUT2D eigenvalue weighted by molar-refractivity contribution is -0.123. The van der Waals surface area contributed by atoms with E-state index in [0.29, 0.717) is 11.8 Å². The summed E-state index contributed by atoms with van der Waals surface area (Å²) in [4.78, 5) is 11.1. The fraction of sp³-hybridized carbons (Fsp3) is 0.857. The van der Waals surface area contributed by atoms with Gasteiger partial charge < -0.3 is 10.6 Å². The van der Waals surface area contributed by atoms with E-state index < -0.39 is 0 Å². The maximum Gasteiger partial charge on any atom is 0.223 e. The fourth-order valence-electron chi connectivity index (χ4n) is 1.85. The van der Waals surface area contributed by atoms with Crippen molar-refractivity contribution >= 4 is 5.91 Å². The number of amides is 1. The van der Waals surface area contributed by atoms with Crippen LogP contribution in [-0.4, -0.2) is 25.5 Å². The van der Waals surface area contributed by atoms with Crippen LogP contribution in [-0.2, 0) is 4.79 Å². The van der Waals surface area contributed by atoms with Crippen LogP contribution in [0.1, 0.15) is 6.42 Å². The van der Waals surface area contributed by atoms with Gasteiger partial charge in [-0.1, -0.05) is 0 Å². The van der Waals surface area contributed by atoms with Crippen molar-refractivity contribution in [3.63, 3.8) is 0 Å². The normalized spacial score (nSPS) is 39.0. The van der Waals surface area contributed by atoms with Gasteiger partial charge in [-0.25, -0.2) is 0 Å². The Hall–Kier alpha value is -0.570. The molecule has 2 aliphatic heterocycles. The third-order valence-corrected chi connectivity index (χ3v) is 2.48. The van der Waals surface area contributed by atoms with E-state index in [2.05, 4.69) is 10.6 Å². The molecule has 2 aliphatic rings. The minimum atomic E-state index is 0.270. The standard InChI is InChI=1S/C7H12N2O/c10-7-6-1-2-8-3-5(6)4-9-7/h5-6,8H,1-4H2,(H,9,10)/t5-,6-/m0/s1. The Morgan fingerprint density at radius 3 is 3.10 bits per heavy atom. The lowest BCUT2D eigenvalue weighted by Crippen LogP contribution is -2.36. The molecule has 0 aliphatic carbocycles. The Kier molecular flexibility index (Phi) is 1.38. The number of carbonyl (C=O) groups excluding carboxylic acids is 1. The van der Waals surface area contributed by atoms with Gasteiger partial charge >= 0.3 is 0 Å². The predicted molar refractivity (Wildman–Crippen MR) is 37.5 cm³/mol. The molecule has 0 aromatic heterocycles. The van der Waals surface area contributed by atoms with Crippen molar-refractivity contribution in [1.82, 2.24) is 10.6 Å². The molecule has 1 amide bonds. The van der Waals surface area contributed by atoms with Crippen molar-refractivity contribution in [2.75, 3.05) is 19.6 Å². The molecular weight excluding hydrogens is 128 g/mol. The summed E-state index contributed by atoms with van der Waals surface area (Å²) in [6.45, 7) is 2.91. The first kappa shape index (κ1) is 6.16. The largest absolute Gasteiger partial charge is 0.355 e. The van der Waals surface area contributed by atoms with Gasteiger partial charge in [0.2, 0.25) is 5.91 Å². The van der Waals surface area contributed by atoms with Crippen molar-refractivity contribution in [1.29, 1.82) is 0 Å². The van der Waals surface area contributed by atoms with Crippen molar-refractivity contribution in [3.05, 3.63) is 0 Å². The van der Waals surface area contributed by atoms with Crippen molar-refractivity contribution < 1.29 is 4.79 Å². The van der Waals surface area contributed by atoms with Crippen molar-refractivity contribution in [2.45, 2.75) is 6.42 Å². The summed E-state index contributed by atoms with van der Waals surface area (Å²) in [6, 6.07) is 0. The van der Waals surface area contributed by atoms with Crippen LogP contribution >= 0.6 is 0 Å². The number of fused-ring (bicyclic) bond motifs is 1. The average molecular weight is 140 g/mol. The zero-order chi connectivity index (χ0) is 6.97. The van der Waals surface area contributed by atoms with E-state index in [4.69, 9.17) is 0 Å². The van der Waals surface area contributed by atoms with Crippen LogP contribution in [0.25, 0.3) is 0 Å². The second-order valence-electron chi connectivity index (χ2n) is 3.10. The second kappa shape index (κ2) is 2.23. The summed E-state index contributed by atoms with van der Waals surface area (Å²) in [5.41, 5.74) is 0. The predicted octanol–water partition coefficient (Wildman–Crippen LogP) is -0.658. The second-order valence-corrected chi connectivity index (χ2v) is 3.10. The van der Waals surface area contributed by atoms with Crippen LogP contribution in [0, 0.1) is 11.8 Å². The Balaban J connectivity index is 2.08. The number of hydrogen-bond donors (Lipinski definition) is 2. The average Bonchev–Trinajstić information content (AvgIpc) is 2.34. The zero-order valence-corrected chi connectivity index (χ0v) is 5.89. The van der Waals surface area contributed by atoms with E-state index >= 15 is 0 Å². The van der Waals surface area contributed by atoms with Gasteiger partial charge in [0, 0.05) is 24.9 Å². The van der Waals surface area contributed by atoms with Crippen LogP contribution in [0.3, 0.4) is 0 Å². The van der Waals surface area contributed by atoms with Crippen LogP contribution < -0.4 is 10.6 Å². The third-order valence-electron chi connectivity index (χ3n) is 2.48. The molecule has 0 spiro atoms. The van der Waals surface area contributed by atoms with Gasteiger partial charge in [0.05, 0.1) is 0 Å². The highest BCUT2D eigenvalue weighted by molar-refractivity contribution is 5.81. The molecule has 56 valence electrons. The van der Waals surface area contributed by atoms with Gasteiger partial charge in [-0.2, -0.15) is 0 Å². The van der Waals surface area contributed by atoms with E-state index in [1.54, 1.807) is 0 Å². The molecule has 0 aromatic rings. The molecule has 2 atom stereocenters. The summed E-state index contributed by atoms with van der Waals surface area (Å²) < 4.78 is 0. The van der Waals surface area contributed by atoms with Gasteiger partial charge in [0.25, 0.3) is 0 Å². The van der Waals surface area contributed by atoms with E-state index in [0.717, 1.165) is 26.1 Å². The number of rotatable bonds is 0. The van der Waals surface area contributed by atoms with Crippen LogP contribution in [0.2, 0.25) is 0 Å². The molecule has 2 rings (SSSR count). The van der Waals surface area contributed by atoms with E-state index in [1.807, 2.05) is 0 Å². The van der Waals surface area contributed by atoms with Gasteiger partial charge in [0.1, 0.15) is 0 Å². The molecule has 0 aromatic carbocycles. The Bertz CT molecular complexity index is 158. The molecule has 2 saturated heterocycles. The van der Waals surface area contributed by atoms with Crippen molar-refractivity contribution in [3.8, 4) is 0 Å². The Morgan fingerprint density at radius 1 is 1.40 bits per heavy atom. The highest BCUT2D eigenvalue weighted by atomic mass is 16.2. The first-order valence-electron chi connectivity index (χ1n) is 3.86. The highest BCUT2D eigenvalue weighted by Gasteiger charge is 2.35. The molecule has 3 nitrogen and oxygen atoms in total. The molecule has 0 unspecified atom stereocenters. The molecular formula is C7H12N2O. The SMILES string of the molecule is O=C1NC[C@@H]2CNCC[C@H]12. The summed E-state index contributed by atoms with van der Waals surface area (Å²) in [5.74, 6) is 1.16. The van der Waals surface area contributed by atoms with Gasteiger partial charge in [-0.15, -0.1) is 0 Å². The van der Waals surface area contributed by atoms with E-state index in [9.17, 15) is 4.79 Å². The first-order valence-corrected chi connectivity index (χ1v) is 3.86.